The summed E-state index contributed by atoms with van der Waals surface area (Å²) in [6, 6.07) is 16.0. The van der Waals surface area contributed by atoms with E-state index in [1.54, 1.807) is 7.11 Å². The average Bonchev–Trinajstić information content (AvgIpc) is 3.45. The summed E-state index contributed by atoms with van der Waals surface area (Å²) in [5.74, 6) is 2.64. The third kappa shape index (κ3) is 3.83. The highest BCUT2D eigenvalue weighted by molar-refractivity contribution is 5.84. The van der Waals surface area contributed by atoms with Crippen LogP contribution >= 0.6 is 0 Å². The predicted molar refractivity (Wildman–Crippen MR) is 99.5 cm³/mol. The van der Waals surface area contributed by atoms with Gasteiger partial charge in [0.05, 0.1) is 13.2 Å². The summed E-state index contributed by atoms with van der Waals surface area (Å²) in [5.41, 5.74) is 1.14. The fourth-order valence-corrected chi connectivity index (χ4v) is 3.34. The molecule has 2 aromatic rings. The topological polar surface area (TPSA) is 50.8 Å². The number of nitrogens with zero attached hydrogens (tertiary/aromatic N) is 1. The highest BCUT2D eigenvalue weighted by Gasteiger charge is 2.39. The van der Waals surface area contributed by atoms with Gasteiger partial charge in [0.2, 0.25) is 5.91 Å². The molecular formula is C21H24N2O3. The van der Waals surface area contributed by atoms with E-state index in [1.807, 2.05) is 53.4 Å². The smallest absolute Gasteiger partial charge is 0.240 e. The number of methoxy groups -OCH3 is 1. The number of hydrogen-bond donors (Lipinski definition) is 1. The summed E-state index contributed by atoms with van der Waals surface area (Å²) < 4.78 is 11.0. The zero-order valence-electron chi connectivity index (χ0n) is 15.0. The van der Waals surface area contributed by atoms with Crippen LogP contribution in [-0.4, -0.2) is 36.5 Å². The second-order valence-corrected chi connectivity index (χ2v) is 6.91. The number of amides is 1. The number of hydrogen-bond acceptors (Lipinski definition) is 4. The number of nitrogens with one attached hydrogen (secondary N) is 1. The molecule has 1 heterocycles. The van der Waals surface area contributed by atoms with Crippen LogP contribution in [0.4, 0.5) is 0 Å². The van der Waals surface area contributed by atoms with Crippen LogP contribution in [0.1, 0.15) is 24.8 Å². The van der Waals surface area contributed by atoms with Crippen LogP contribution < -0.4 is 14.8 Å². The summed E-state index contributed by atoms with van der Waals surface area (Å²) in [4.78, 5) is 14.4. The molecule has 5 nitrogen and oxygen atoms in total. The van der Waals surface area contributed by atoms with Crippen molar-refractivity contribution < 1.29 is 14.3 Å². The van der Waals surface area contributed by atoms with Gasteiger partial charge >= 0.3 is 0 Å². The molecule has 136 valence electrons. The minimum absolute atomic E-state index is 0.0363. The Balaban J connectivity index is 1.29. The largest absolute Gasteiger partial charge is 0.497 e. The van der Waals surface area contributed by atoms with Crippen molar-refractivity contribution in [2.45, 2.75) is 37.9 Å². The van der Waals surface area contributed by atoms with Crippen molar-refractivity contribution in [1.29, 1.82) is 0 Å². The van der Waals surface area contributed by atoms with Crippen molar-refractivity contribution in [3.05, 3.63) is 54.1 Å². The summed E-state index contributed by atoms with van der Waals surface area (Å²) in [7, 11) is 1.64. The Morgan fingerprint density at radius 1 is 0.962 bits per heavy atom. The van der Waals surface area contributed by atoms with Crippen LogP contribution in [0.3, 0.4) is 0 Å². The molecule has 26 heavy (non-hydrogen) atoms. The zero-order valence-corrected chi connectivity index (χ0v) is 15.0. The molecule has 2 aliphatic rings. The van der Waals surface area contributed by atoms with E-state index in [1.165, 1.54) is 12.8 Å². The standard InChI is InChI=1S/C21H24N2O3/c1-25-17-8-10-19(11-9-17)26-18-6-2-15(3-7-18)14-22-20-12-13-23(21(20)24)16-4-5-16/h2-3,6-11,16,20,22H,4-5,12-14H2,1H3/t20-/m1/s1. The van der Waals surface area contributed by atoms with Crippen molar-refractivity contribution >= 4 is 5.91 Å². The molecule has 1 amide bonds. The third-order valence-corrected chi connectivity index (χ3v) is 5.00. The molecule has 0 spiro atoms. The average molecular weight is 352 g/mol. The molecule has 1 N–H and O–H groups in total. The van der Waals surface area contributed by atoms with Crippen LogP contribution in [0, 0.1) is 0 Å². The first-order valence-corrected chi connectivity index (χ1v) is 9.17. The highest BCUT2D eigenvalue weighted by atomic mass is 16.5. The molecule has 4 rings (SSSR count). The highest BCUT2D eigenvalue weighted by Crippen LogP contribution is 2.30. The maximum Gasteiger partial charge on any atom is 0.240 e. The third-order valence-electron chi connectivity index (χ3n) is 5.00. The number of carbonyl (C=O) groups excluding carboxylic acids is 1. The Labute approximate surface area is 153 Å². The molecule has 0 bridgehead atoms. The summed E-state index contributed by atoms with van der Waals surface area (Å²) in [5, 5.41) is 3.40. The molecule has 0 unspecified atom stereocenters. The molecule has 2 aromatic carbocycles. The molecule has 1 saturated heterocycles. The van der Waals surface area contributed by atoms with Crippen molar-refractivity contribution in [3.63, 3.8) is 0 Å². The molecule has 1 aliphatic carbocycles. The molecule has 2 fully saturated rings. The summed E-state index contributed by atoms with van der Waals surface area (Å²) in [6.07, 6.45) is 3.26. The lowest BCUT2D eigenvalue weighted by molar-refractivity contribution is -0.129. The van der Waals surface area contributed by atoms with E-state index in [2.05, 4.69) is 5.32 Å². The Bertz CT molecular complexity index is 754. The van der Waals surface area contributed by atoms with Gasteiger partial charge in [0, 0.05) is 19.1 Å². The van der Waals surface area contributed by atoms with Gasteiger partial charge in [-0.25, -0.2) is 0 Å². The van der Waals surface area contributed by atoms with E-state index in [0.717, 1.165) is 35.8 Å². The maximum atomic E-state index is 12.3. The van der Waals surface area contributed by atoms with Crippen molar-refractivity contribution in [2.24, 2.45) is 0 Å². The first kappa shape index (κ1) is 16.9. The van der Waals surface area contributed by atoms with E-state index in [9.17, 15) is 4.79 Å². The van der Waals surface area contributed by atoms with E-state index < -0.39 is 0 Å². The SMILES string of the molecule is COc1ccc(Oc2ccc(CN[C@@H]3CCN(C4CC4)C3=O)cc2)cc1. The predicted octanol–water partition coefficient (Wildman–Crippen LogP) is 3.34. The van der Waals surface area contributed by atoms with Gasteiger partial charge in [-0.1, -0.05) is 12.1 Å². The minimum atomic E-state index is -0.0363. The molecule has 5 heteroatoms. The van der Waals surface area contributed by atoms with Gasteiger partial charge in [-0.2, -0.15) is 0 Å². The number of rotatable bonds is 7. The number of ether oxygens (including phenoxy) is 2. The van der Waals surface area contributed by atoms with Gasteiger partial charge in [-0.15, -0.1) is 0 Å². The quantitative estimate of drug-likeness (QED) is 0.830. The van der Waals surface area contributed by atoms with Crippen LogP contribution in [0.5, 0.6) is 17.2 Å². The van der Waals surface area contributed by atoms with Gasteiger partial charge in [-0.3, -0.25) is 4.79 Å². The lowest BCUT2D eigenvalue weighted by Gasteiger charge is -2.16. The van der Waals surface area contributed by atoms with Crippen LogP contribution in [-0.2, 0) is 11.3 Å². The van der Waals surface area contributed by atoms with Crippen molar-refractivity contribution in [2.75, 3.05) is 13.7 Å². The van der Waals surface area contributed by atoms with E-state index in [4.69, 9.17) is 9.47 Å². The fourth-order valence-electron chi connectivity index (χ4n) is 3.34. The molecule has 1 saturated carbocycles. The molecule has 1 aliphatic heterocycles. The Kier molecular flexibility index (Phi) is 4.80. The van der Waals surface area contributed by atoms with E-state index in [0.29, 0.717) is 12.6 Å². The van der Waals surface area contributed by atoms with Gasteiger partial charge in [-0.05, 0) is 61.2 Å². The van der Waals surface area contributed by atoms with Gasteiger partial charge in [0.1, 0.15) is 17.2 Å². The second kappa shape index (κ2) is 7.38. The normalized spacial score (nSPS) is 19.7. The van der Waals surface area contributed by atoms with Gasteiger partial charge in [0.25, 0.3) is 0 Å². The maximum absolute atomic E-state index is 12.3. The second-order valence-electron chi connectivity index (χ2n) is 6.91. The Morgan fingerprint density at radius 2 is 1.58 bits per heavy atom. The van der Waals surface area contributed by atoms with Crippen molar-refractivity contribution in [1.82, 2.24) is 10.2 Å². The number of carbonyl (C=O) groups is 1. The fraction of sp³-hybridized carbons (Fsp3) is 0.381. The number of likely N-dealkylation sites (tertiary alicyclic amines) is 1. The first-order chi connectivity index (χ1) is 12.7. The summed E-state index contributed by atoms with van der Waals surface area (Å²) in [6.45, 7) is 1.59. The Hall–Kier alpha value is -2.53. The lowest BCUT2D eigenvalue weighted by Crippen LogP contribution is -2.38. The molecule has 0 radical (unpaired) electrons. The zero-order chi connectivity index (χ0) is 17.9. The summed E-state index contributed by atoms with van der Waals surface area (Å²) >= 11 is 0. The van der Waals surface area contributed by atoms with Crippen LogP contribution in [0.25, 0.3) is 0 Å². The monoisotopic (exact) mass is 352 g/mol. The minimum Gasteiger partial charge on any atom is -0.497 e. The van der Waals surface area contributed by atoms with Gasteiger partial charge in [0.15, 0.2) is 0 Å². The van der Waals surface area contributed by atoms with E-state index >= 15 is 0 Å². The molecule has 1 atom stereocenters. The van der Waals surface area contributed by atoms with Crippen LogP contribution in [0.2, 0.25) is 0 Å². The lowest BCUT2D eigenvalue weighted by atomic mass is 10.2. The van der Waals surface area contributed by atoms with Crippen LogP contribution in [0.15, 0.2) is 48.5 Å². The number of benzene rings is 2. The first-order valence-electron chi connectivity index (χ1n) is 9.17. The van der Waals surface area contributed by atoms with Gasteiger partial charge < -0.3 is 19.7 Å². The molecular weight excluding hydrogens is 328 g/mol. The molecule has 0 aromatic heterocycles. The van der Waals surface area contributed by atoms with E-state index in [-0.39, 0.29) is 11.9 Å². The van der Waals surface area contributed by atoms with Crippen molar-refractivity contribution in [3.8, 4) is 17.2 Å². The Morgan fingerprint density at radius 3 is 2.19 bits per heavy atom.